The largest absolute Gasteiger partial charge is 0.462 e. The molecule has 2 aromatic carbocycles. The molecule has 1 heterocycles. The zero-order chi connectivity index (χ0) is 21.2. The van der Waals surface area contributed by atoms with Crippen molar-refractivity contribution < 1.29 is 14.3 Å². The van der Waals surface area contributed by atoms with Crippen molar-refractivity contribution in [3.05, 3.63) is 95.8 Å². The van der Waals surface area contributed by atoms with Crippen LogP contribution in [0.2, 0.25) is 0 Å². The van der Waals surface area contributed by atoms with Crippen molar-refractivity contribution in [2.24, 2.45) is 4.99 Å². The van der Waals surface area contributed by atoms with Crippen molar-refractivity contribution in [3.63, 3.8) is 0 Å². The van der Waals surface area contributed by atoms with Gasteiger partial charge in [-0.3, -0.25) is 15.1 Å². The Morgan fingerprint density at radius 1 is 0.933 bits per heavy atom. The first kappa shape index (κ1) is 20.7. The minimum Gasteiger partial charge on any atom is -0.462 e. The van der Waals surface area contributed by atoms with E-state index in [9.17, 15) is 9.59 Å². The molecule has 152 valence electrons. The maximum atomic E-state index is 12.6. The number of hydrogen-bond acceptors (Lipinski definition) is 5. The number of carbonyl (C=O) groups is 2. The van der Waals surface area contributed by atoms with E-state index in [1.807, 2.05) is 24.3 Å². The van der Waals surface area contributed by atoms with Gasteiger partial charge in [0.1, 0.15) is 0 Å². The molecule has 30 heavy (non-hydrogen) atoms. The van der Waals surface area contributed by atoms with E-state index in [1.54, 1.807) is 61.7 Å². The third-order valence-electron chi connectivity index (χ3n) is 4.05. The molecule has 2 N–H and O–H groups in total. The molecule has 0 fully saturated rings. The van der Waals surface area contributed by atoms with Crippen LogP contribution in [0.3, 0.4) is 0 Å². The molecule has 0 spiro atoms. The van der Waals surface area contributed by atoms with Gasteiger partial charge in [-0.05, 0) is 55.5 Å². The van der Waals surface area contributed by atoms with Gasteiger partial charge in [0.2, 0.25) is 5.96 Å². The van der Waals surface area contributed by atoms with Crippen molar-refractivity contribution in [2.75, 3.05) is 11.9 Å². The second-order valence-corrected chi connectivity index (χ2v) is 6.23. The van der Waals surface area contributed by atoms with E-state index >= 15 is 0 Å². The number of hydrogen-bond donors (Lipinski definition) is 2. The number of rotatable bonds is 6. The van der Waals surface area contributed by atoms with E-state index in [2.05, 4.69) is 20.6 Å². The maximum absolute atomic E-state index is 12.6. The number of anilines is 1. The molecule has 0 unspecified atom stereocenters. The quantitative estimate of drug-likeness (QED) is 0.373. The Kier molecular flexibility index (Phi) is 7.27. The van der Waals surface area contributed by atoms with E-state index in [1.165, 1.54) is 0 Å². The summed E-state index contributed by atoms with van der Waals surface area (Å²) in [6, 6.07) is 21.2. The highest BCUT2D eigenvalue weighted by Gasteiger charge is 2.10. The van der Waals surface area contributed by atoms with Crippen LogP contribution in [-0.4, -0.2) is 29.4 Å². The average molecular weight is 402 g/mol. The number of aliphatic imine (C=N–C) groups is 1. The first-order chi connectivity index (χ1) is 14.7. The summed E-state index contributed by atoms with van der Waals surface area (Å²) in [4.78, 5) is 33.1. The molecule has 0 aliphatic carbocycles. The maximum Gasteiger partial charge on any atom is 0.338 e. The van der Waals surface area contributed by atoms with Crippen LogP contribution in [0.4, 0.5) is 5.69 Å². The summed E-state index contributed by atoms with van der Waals surface area (Å²) in [7, 11) is 0. The summed E-state index contributed by atoms with van der Waals surface area (Å²) in [5, 5.41) is 5.88. The predicted octanol–water partition coefficient (Wildman–Crippen LogP) is 3.66. The zero-order valence-corrected chi connectivity index (χ0v) is 16.5. The summed E-state index contributed by atoms with van der Waals surface area (Å²) in [6.45, 7) is 2.36. The van der Waals surface area contributed by atoms with Gasteiger partial charge in [-0.25, -0.2) is 9.79 Å². The molecule has 0 atom stereocenters. The monoisotopic (exact) mass is 402 g/mol. The van der Waals surface area contributed by atoms with Crippen LogP contribution in [0, 0.1) is 0 Å². The Hall–Kier alpha value is -4.00. The number of benzene rings is 2. The van der Waals surface area contributed by atoms with E-state index < -0.39 is 0 Å². The van der Waals surface area contributed by atoms with Gasteiger partial charge >= 0.3 is 5.97 Å². The van der Waals surface area contributed by atoms with Crippen molar-refractivity contribution in [1.82, 2.24) is 10.3 Å². The molecule has 1 amide bonds. The second-order valence-electron chi connectivity index (χ2n) is 6.23. The Labute approximate surface area is 174 Å². The van der Waals surface area contributed by atoms with Crippen LogP contribution in [0.5, 0.6) is 0 Å². The highest BCUT2D eigenvalue weighted by atomic mass is 16.5. The molecule has 0 aliphatic rings. The topological polar surface area (TPSA) is 92.7 Å². The van der Waals surface area contributed by atoms with E-state index in [-0.39, 0.29) is 17.8 Å². The molecule has 1 aromatic heterocycles. The molecule has 0 saturated carbocycles. The van der Waals surface area contributed by atoms with Crippen molar-refractivity contribution in [1.29, 1.82) is 0 Å². The van der Waals surface area contributed by atoms with Gasteiger partial charge in [-0.2, -0.15) is 0 Å². The fourth-order valence-corrected chi connectivity index (χ4v) is 2.57. The lowest BCUT2D eigenvalue weighted by Gasteiger charge is -2.12. The summed E-state index contributed by atoms with van der Waals surface area (Å²) < 4.78 is 4.99. The molecule has 7 heteroatoms. The van der Waals surface area contributed by atoms with Crippen LogP contribution >= 0.6 is 0 Å². The second kappa shape index (κ2) is 10.5. The molecule has 0 aliphatic heterocycles. The van der Waals surface area contributed by atoms with Gasteiger partial charge in [0.05, 0.1) is 24.4 Å². The molecule has 3 aromatic rings. The Morgan fingerprint density at radius 2 is 1.67 bits per heavy atom. The van der Waals surface area contributed by atoms with Crippen LogP contribution in [-0.2, 0) is 11.3 Å². The van der Waals surface area contributed by atoms with Crippen LogP contribution in [0.25, 0.3) is 0 Å². The van der Waals surface area contributed by atoms with Crippen molar-refractivity contribution in [3.8, 4) is 0 Å². The van der Waals surface area contributed by atoms with Crippen LogP contribution in [0.1, 0.15) is 33.3 Å². The summed E-state index contributed by atoms with van der Waals surface area (Å²) in [5.74, 6) is -0.394. The smallest absolute Gasteiger partial charge is 0.338 e. The number of pyridine rings is 1. The Morgan fingerprint density at radius 3 is 2.33 bits per heavy atom. The summed E-state index contributed by atoms with van der Waals surface area (Å²) in [5.41, 5.74) is 2.39. The molecule has 0 radical (unpaired) electrons. The number of guanidine groups is 1. The average Bonchev–Trinajstić information content (AvgIpc) is 2.79. The van der Waals surface area contributed by atoms with Crippen molar-refractivity contribution in [2.45, 2.75) is 13.5 Å². The third kappa shape index (κ3) is 6.00. The zero-order valence-electron chi connectivity index (χ0n) is 16.5. The highest BCUT2D eigenvalue weighted by Crippen LogP contribution is 2.11. The number of aromatic nitrogens is 1. The molecular formula is C23H22N4O3. The van der Waals surface area contributed by atoms with Gasteiger partial charge in [0.25, 0.3) is 5.91 Å². The number of nitrogens with zero attached hydrogens (tertiary/aromatic N) is 2. The number of ether oxygens (including phenoxy) is 1. The van der Waals surface area contributed by atoms with E-state index in [4.69, 9.17) is 4.74 Å². The number of nitrogens with one attached hydrogen (secondary N) is 2. The molecule has 0 bridgehead atoms. The lowest BCUT2D eigenvalue weighted by atomic mass is 10.2. The SMILES string of the molecule is CCOC(=O)c1ccc(NC(=NCc2ccccn2)NC(=O)c2ccccc2)cc1. The van der Waals surface area contributed by atoms with Gasteiger partial charge < -0.3 is 10.1 Å². The van der Waals surface area contributed by atoms with Crippen LogP contribution < -0.4 is 10.6 Å². The minimum atomic E-state index is -0.384. The fourth-order valence-electron chi connectivity index (χ4n) is 2.57. The first-order valence-electron chi connectivity index (χ1n) is 9.50. The van der Waals surface area contributed by atoms with Gasteiger partial charge in [0.15, 0.2) is 0 Å². The fraction of sp³-hybridized carbons (Fsp3) is 0.130. The highest BCUT2D eigenvalue weighted by molar-refractivity contribution is 6.10. The van der Waals surface area contributed by atoms with E-state index in [0.29, 0.717) is 30.0 Å². The number of amides is 1. The first-order valence-corrected chi connectivity index (χ1v) is 9.50. The molecule has 0 saturated heterocycles. The predicted molar refractivity (Wildman–Crippen MR) is 115 cm³/mol. The van der Waals surface area contributed by atoms with Gasteiger partial charge in [-0.1, -0.05) is 24.3 Å². The standard InChI is InChI=1S/C23H22N4O3/c1-2-30-22(29)18-11-13-19(14-12-18)26-23(25-16-20-10-6-7-15-24-20)27-21(28)17-8-4-3-5-9-17/h3-15H,2,16H2,1H3,(H2,25,26,27,28). The number of carbonyl (C=O) groups excluding carboxylic acids is 2. The molecule has 7 nitrogen and oxygen atoms in total. The lowest BCUT2D eigenvalue weighted by Crippen LogP contribution is -2.36. The Bertz CT molecular complexity index is 1000. The molecular weight excluding hydrogens is 380 g/mol. The van der Waals surface area contributed by atoms with E-state index in [0.717, 1.165) is 5.69 Å². The van der Waals surface area contributed by atoms with Crippen LogP contribution in [0.15, 0.2) is 84.0 Å². The third-order valence-corrected chi connectivity index (χ3v) is 4.05. The lowest BCUT2D eigenvalue weighted by molar-refractivity contribution is 0.0526. The number of esters is 1. The van der Waals surface area contributed by atoms with Gasteiger partial charge in [-0.15, -0.1) is 0 Å². The Balaban J connectivity index is 1.76. The normalized spacial score (nSPS) is 10.9. The molecule has 3 rings (SSSR count). The summed E-state index contributed by atoms with van der Waals surface area (Å²) in [6.07, 6.45) is 1.69. The van der Waals surface area contributed by atoms with Gasteiger partial charge in [0, 0.05) is 17.4 Å². The summed E-state index contributed by atoms with van der Waals surface area (Å²) >= 11 is 0. The van der Waals surface area contributed by atoms with Crippen molar-refractivity contribution >= 4 is 23.5 Å². The minimum absolute atomic E-state index is 0.276.